The Bertz CT molecular complexity index is 330. The maximum absolute atomic E-state index is 10.6. The average molecular weight is 260 g/mol. The summed E-state index contributed by atoms with van der Waals surface area (Å²) in [7, 11) is 0. The summed E-state index contributed by atoms with van der Waals surface area (Å²) in [5.74, 6) is -1.08. The molecule has 0 aliphatic heterocycles. The predicted octanol–water partition coefficient (Wildman–Crippen LogP) is 1.31. The second kappa shape index (κ2) is 4.97. The second-order valence-corrected chi connectivity index (χ2v) is 3.64. The zero-order valence-corrected chi connectivity index (χ0v) is 8.86. The normalized spacial score (nSPS) is 12.1. The molecule has 0 amide bonds. The molecule has 0 aliphatic rings. The van der Waals surface area contributed by atoms with E-state index >= 15 is 0 Å². The van der Waals surface area contributed by atoms with Crippen LogP contribution in [0.1, 0.15) is 0 Å². The van der Waals surface area contributed by atoms with Crippen LogP contribution in [-0.2, 0) is 4.79 Å². The average Bonchev–Trinajstić information content (AvgIpc) is 2.14. The first-order valence-electron chi connectivity index (χ1n) is 3.99. The van der Waals surface area contributed by atoms with Crippen molar-refractivity contribution < 1.29 is 15.0 Å². The van der Waals surface area contributed by atoms with E-state index in [1.165, 1.54) is 0 Å². The van der Waals surface area contributed by atoms with Gasteiger partial charge in [-0.25, -0.2) is 4.79 Å². The molecular weight excluding hydrogens is 250 g/mol. The lowest BCUT2D eigenvalue weighted by Crippen LogP contribution is -2.32. The van der Waals surface area contributed by atoms with Crippen molar-refractivity contribution in [2.24, 2.45) is 0 Å². The van der Waals surface area contributed by atoms with E-state index in [1.807, 2.05) is 6.07 Å². The molecule has 0 aromatic heterocycles. The smallest absolute Gasteiger partial charge is 0.328 e. The van der Waals surface area contributed by atoms with E-state index < -0.39 is 18.6 Å². The van der Waals surface area contributed by atoms with Crippen LogP contribution in [0.5, 0.6) is 0 Å². The molecule has 0 bridgehead atoms. The summed E-state index contributed by atoms with van der Waals surface area (Å²) in [4.78, 5) is 10.6. The number of halogens is 1. The van der Waals surface area contributed by atoms with Gasteiger partial charge in [-0.15, -0.1) is 0 Å². The Balaban J connectivity index is 2.72. The zero-order valence-electron chi connectivity index (χ0n) is 7.27. The first-order valence-corrected chi connectivity index (χ1v) is 4.78. The monoisotopic (exact) mass is 259 g/mol. The second-order valence-electron chi connectivity index (χ2n) is 2.73. The highest BCUT2D eigenvalue weighted by molar-refractivity contribution is 9.10. The number of aliphatic carboxylic acids is 1. The largest absolute Gasteiger partial charge is 0.480 e. The van der Waals surface area contributed by atoms with Gasteiger partial charge in [0.05, 0.1) is 6.61 Å². The number of anilines is 1. The molecular formula is C9H10BrNO3. The lowest BCUT2D eigenvalue weighted by Gasteiger charge is -2.12. The number of carboxylic acids is 1. The van der Waals surface area contributed by atoms with Gasteiger partial charge in [0.25, 0.3) is 0 Å². The van der Waals surface area contributed by atoms with Crippen molar-refractivity contribution in [3.05, 3.63) is 28.7 Å². The van der Waals surface area contributed by atoms with Crippen molar-refractivity contribution in [1.29, 1.82) is 0 Å². The Labute approximate surface area is 89.7 Å². The molecule has 0 radical (unpaired) electrons. The van der Waals surface area contributed by atoms with Gasteiger partial charge in [0.15, 0.2) is 0 Å². The van der Waals surface area contributed by atoms with Gasteiger partial charge in [0, 0.05) is 10.2 Å². The van der Waals surface area contributed by atoms with Crippen LogP contribution in [0.2, 0.25) is 0 Å². The Morgan fingerprint density at radius 2 is 2.29 bits per heavy atom. The minimum Gasteiger partial charge on any atom is -0.480 e. The third kappa shape index (κ3) is 3.01. The summed E-state index contributed by atoms with van der Waals surface area (Å²) < 4.78 is 0.851. The molecule has 0 saturated heterocycles. The molecule has 1 unspecified atom stereocenters. The molecule has 1 atom stereocenters. The molecule has 5 heteroatoms. The first kappa shape index (κ1) is 11.0. The van der Waals surface area contributed by atoms with E-state index in [2.05, 4.69) is 21.2 Å². The summed E-state index contributed by atoms with van der Waals surface area (Å²) >= 11 is 3.26. The van der Waals surface area contributed by atoms with Gasteiger partial charge in [0.1, 0.15) is 6.04 Å². The quantitative estimate of drug-likeness (QED) is 0.763. The molecule has 0 saturated carbocycles. The molecule has 3 N–H and O–H groups in total. The highest BCUT2D eigenvalue weighted by Gasteiger charge is 2.15. The number of carboxylic acid groups (broad SMARTS) is 1. The predicted molar refractivity (Wildman–Crippen MR) is 56.3 cm³/mol. The van der Waals surface area contributed by atoms with Gasteiger partial charge in [-0.3, -0.25) is 0 Å². The minimum absolute atomic E-state index is 0.443. The van der Waals surface area contributed by atoms with E-state index in [-0.39, 0.29) is 0 Å². The Kier molecular flexibility index (Phi) is 3.91. The number of benzene rings is 1. The number of aliphatic hydroxyl groups excluding tert-OH is 1. The molecule has 4 nitrogen and oxygen atoms in total. The Hall–Kier alpha value is -1.07. The van der Waals surface area contributed by atoms with E-state index in [0.717, 1.165) is 4.47 Å². The number of hydrogen-bond donors (Lipinski definition) is 3. The number of hydrogen-bond acceptors (Lipinski definition) is 3. The van der Waals surface area contributed by atoms with E-state index in [1.54, 1.807) is 18.2 Å². The van der Waals surface area contributed by atoms with Crippen molar-refractivity contribution in [3.8, 4) is 0 Å². The third-order valence-corrected chi connectivity index (χ3v) is 2.14. The SMILES string of the molecule is O=C(O)C(CO)Nc1cccc(Br)c1. The van der Waals surface area contributed by atoms with Crippen LogP contribution in [-0.4, -0.2) is 28.8 Å². The van der Waals surface area contributed by atoms with Crippen LogP contribution in [0.4, 0.5) is 5.69 Å². The lowest BCUT2D eigenvalue weighted by molar-refractivity contribution is -0.138. The summed E-state index contributed by atoms with van der Waals surface area (Å²) in [6.45, 7) is -0.443. The number of carbonyl (C=O) groups is 1. The molecule has 76 valence electrons. The van der Waals surface area contributed by atoms with Crippen molar-refractivity contribution in [3.63, 3.8) is 0 Å². The summed E-state index contributed by atoms with van der Waals surface area (Å²) in [6, 6.07) is 6.12. The van der Waals surface area contributed by atoms with Crippen molar-refractivity contribution in [1.82, 2.24) is 0 Å². The molecule has 0 aliphatic carbocycles. The number of aliphatic hydroxyl groups is 1. The van der Waals surface area contributed by atoms with E-state index in [4.69, 9.17) is 10.2 Å². The van der Waals surface area contributed by atoms with Crippen molar-refractivity contribution >= 4 is 27.6 Å². The first-order chi connectivity index (χ1) is 6.63. The number of nitrogens with one attached hydrogen (secondary N) is 1. The maximum Gasteiger partial charge on any atom is 0.328 e. The highest BCUT2D eigenvalue weighted by atomic mass is 79.9. The van der Waals surface area contributed by atoms with E-state index in [9.17, 15) is 4.79 Å². The van der Waals surface area contributed by atoms with Crippen LogP contribution in [0, 0.1) is 0 Å². The zero-order chi connectivity index (χ0) is 10.6. The van der Waals surface area contributed by atoms with Crippen LogP contribution in [0.15, 0.2) is 28.7 Å². The molecule has 1 aromatic rings. The lowest BCUT2D eigenvalue weighted by atomic mass is 10.2. The Morgan fingerprint density at radius 1 is 1.57 bits per heavy atom. The van der Waals surface area contributed by atoms with Gasteiger partial charge in [0.2, 0.25) is 0 Å². The summed E-state index contributed by atoms with van der Waals surface area (Å²) in [5, 5.41) is 20.1. The fourth-order valence-corrected chi connectivity index (χ4v) is 1.36. The Morgan fingerprint density at radius 3 is 2.79 bits per heavy atom. The summed E-state index contributed by atoms with van der Waals surface area (Å²) in [6.07, 6.45) is 0. The molecule has 0 heterocycles. The minimum atomic E-state index is -1.08. The topological polar surface area (TPSA) is 69.6 Å². The maximum atomic E-state index is 10.6. The summed E-state index contributed by atoms with van der Waals surface area (Å²) in [5.41, 5.74) is 0.654. The van der Waals surface area contributed by atoms with Gasteiger partial charge < -0.3 is 15.5 Å². The molecule has 0 spiro atoms. The molecule has 1 rings (SSSR count). The van der Waals surface area contributed by atoms with E-state index in [0.29, 0.717) is 5.69 Å². The fraction of sp³-hybridized carbons (Fsp3) is 0.222. The van der Waals surface area contributed by atoms with Crippen molar-refractivity contribution in [2.75, 3.05) is 11.9 Å². The fourth-order valence-electron chi connectivity index (χ4n) is 0.965. The van der Waals surface area contributed by atoms with Crippen LogP contribution in [0.25, 0.3) is 0 Å². The molecule has 14 heavy (non-hydrogen) atoms. The molecule has 1 aromatic carbocycles. The van der Waals surface area contributed by atoms with Crippen LogP contribution >= 0.6 is 15.9 Å². The van der Waals surface area contributed by atoms with Crippen LogP contribution in [0.3, 0.4) is 0 Å². The van der Waals surface area contributed by atoms with Gasteiger partial charge in [-0.1, -0.05) is 22.0 Å². The van der Waals surface area contributed by atoms with Gasteiger partial charge in [-0.05, 0) is 18.2 Å². The molecule has 0 fully saturated rings. The highest BCUT2D eigenvalue weighted by Crippen LogP contribution is 2.16. The number of rotatable bonds is 4. The van der Waals surface area contributed by atoms with Crippen molar-refractivity contribution in [2.45, 2.75) is 6.04 Å². The van der Waals surface area contributed by atoms with Gasteiger partial charge in [-0.2, -0.15) is 0 Å². The van der Waals surface area contributed by atoms with Crippen LogP contribution < -0.4 is 5.32 Å². The standard InChI is InChI=1S/C9H10BrNO3/c10-6-2-1-3-7(4-6)11-8(5-12)9(13)14/h1-4,8,11-12H,5H2,(H,13,14). The van der Waals surface area contributed by atoms with Gasteiger partial charge >= 0.3 is 5.97 Å². The third-order valence-electron chi connectivity index (χ3n) is 1.65.